The number of carbonyl (C=O) groups is 1. The van der Waals surface area contributed by atoms with Crippen molar-refractivity contribution in [3.63, 3.8) is 0 Å². The minimum absolute atomic E-state index is 0.304. The number of hydrogen-bond acceptors (Lipinski definition) is 9. The lowest BCUT2D eigenvalue weighted by Crippen LogP contribution is -2.38. The zero-order chi connectivity index (χ0) is 27.0. The molecule has 2 N–H and O–H groups in total. The van der Waals surface area contributed by atoms with Crippen LogP contribution in [0.3, 0.4) is 0 Å². The van der Waals surface area contributed by atoms with E-state index >= 15 is 0 Å². The van der Waals surface area contributed by atoms with Crippen molar-refractivity contribution in [1.29, 1.82) is 0 Å². The van der Waals surface area contributed by atoms with Gasteiger partial charge in [-0.15, -0.1) is 0 Å². The molecule has 10 heteroatoms. The summed E-state index contributed by atoms with van der Waals surface area (Å²) in [5.74, 6) is 1.60. The summed E-state index contributed by atoms with van der Waals surface area (Å²) < 4.78 is 22.5. The molecule has 0 saturated carbocycles. The third kappa shape index (κ3) is 6.76. The van der Waals surface area contributed by atoms with Gasteiger partial charge in [0.25, 0.3) is 0 Å². The van der Waals surface area contributed by atoms with Gasteiger partial charge in [0.15, 0.2) is 6.26 Å². The molecule has 39 heavy (non-hydrogen) atoms. The summed E-state index contributed by atoms with van der Waals surface area (Å²) in [6.07, 6.45) is 14.8. The Labute approximate surface area is 228 Å². The number of cyclic esters (lactones) is 1. The Morgan fingerprint density at radius 2 is 2.15 bits per heavy atom. The third-order valence-corrected chi connectivity index (χ3v) is 6.92. The van der Waals surface area contributed by atoms with E-state index in [0.29, 0.717) is 50.1 Å². The van der Waals surface area contributed by atoms with Crippen molar-refractivity contribution in [2.24, 2.45) is 5.73 Å². The van der Waals surface area contributed by atoms with Crippen molar-refractivity contribution >= 4 is 17.1 Å². The number of fused-ring (bicyclic) bond motifs is 1. The highest BCUT2D eigenvalue weighted by Gasteiger charge is 2.36. The van der Waals surface area contributed by atoms with E-state index < -0.39 is 6.09 Å². The highest BCUT2D eigenvalue weighted by atomic mass is 16.6. The van der Waals surface area contributed by atoms with Gasteiger partial charge in [0, 0.05) is 38.3 Å². The molecule has 2 aromatic rings. The lowest BCUT2D eigenvalue weighted by molar-refractivity contribution is 0.102. The van der Waals surface area contributed by atoms with E-state index in [4.69, 9.17) is 24.7 Å². The molecule has 5 rings (SSSR count). The molecule has 1 amide bonds. The second-order valence-corrected chi connectivity index (χ2v) is 9.75. The summed E-state index contributed by atoms with van der Waals surface area (Å²) >= 11 is 0. The molecular weight excluding hydrogens is 498 g/mol. The Morgan fingerprint density at radius 3 is 2.97 bits per heavy atom. The van der Waals surface area contributed by atoms with Crippen molar-refractivity contribution in [3.8, 4) is 5.88 Å². The lowest BCUT2D eigenvalue weighted by Gasteiger charge is -2.24. The SMILES string of the molecule is COc1ccc2nccc(CCCN(CCN)CC3CN(C4=COC=C(CC5=CC=CCC5)O4)C(=O)O3)c2n1. The number of pyridine rings is 2. The predicted molar refractivity (Wildman–Crippen MR) is 146 cm³/mol. The number of aryl methyl sites for hydroxylation is 1. The van der Waals surface area contributed by atoms with E-state index in [2.05, 4.69) is 33.1 Å². The highest BCUT2D eigenvalue weighted by Crippen LogP contribution is 2.28. The van der Waals surface area contributed by atoms with Gasteiger partial charge < -0.3 is 24.7 Å². The van der Waals surface area contributed by atoms with Crippen molar-refractivity contribution in [2.45, 2.75) is 38.2 Å². The van der Waals surface area contributed by atoms with E-state index in [0.717, 1.165) is 48.8 Å². The highest BCUT2D eigenvalue weighted by molar-refractivity contribution is 5.78. The molecule has 1 atom stereocenters. The molecule has 1 aliphatic carbocycles. The van der Waals surface area contributed by atoms with Crippen LogP contribution in [0.1, 0.15) is 31.2 Å². The van der Waals surface area contributed by atoms with E-state index in [-0.39, 0.29) is 6.10 Å². The normalized spacial score (nSPS) is 18.8. The van der Waals surface area contributed by atoms with Crippen molar-refractivity contribution in [2.75, 3.05) is 39.8 Å². The molecule has 2 aliphatic heterocycles. The van der Waals surface area contributed by atoms with Gasteiger partial charge in [-0.05, 0) is 49.9 Å². The van der Waals surface area contributed by atoms with Gasteiger partial charge in [-0.1, -0.05) is 23.8 Å². The standard InChI is InChI=1S/C29H35N5O5/c1-36-26-10-9-25-28(32-26)22(11-13-31-25)8-5-14-33(15-12-30)17-24-18-34(29(35)39-24)27-20-37-19-23(38-27)16-21-6-3-2-4-7-21/h2-3,6,9-11,13,19-20,24H,4-5,7-8,12,14-18,30H2,1H3. The summed E-state index contributed by atoms with van der Waals surface area (Å²) in [5.41, 5.74) is 9.99. The van der Waals surface area contributed by atoms with Crippen LogP contribution < -0.4 is 10.5 Å². The number of amides is 1. The molecule has 1 saturated heterocycles. The average Bonchev–Trinajstić information content (AvgIpc) is 3.33. The van der Waals surface area contributed by atoms with E-state index in [1.54, 1.807) is 13.4 Å². The average molecular weight is 534 g/mol. The van der Waals surface area contributed by atoms with Crippen LogP contribution in [0.4, 0.5) is 4.79 Å². The number of rotatable bonds is 12. The lowest BCUT2D eigenvalue weighted by atomic mass is 10.0. The van der Waals surface area contributed by atoms with Gasteiger partial charge in [0.2, 0.25) is 11.8 Å². The Kier molecular flexibility index (Phi) is 8.75. The van der Waals surface area contributed by atoms with Gasteiger partial charge in [0.1, 0.15) is 18.1 Å². The molecule has 0 radical (unpaired) electrons. The van der Waals surface area contributed by atoms with Crippen LogP contribution in [-0.2, 0) is 20.6 Å². The van der Waals surface area contributed by atoms with Gasteiger partial charge in [0.05, 0.1) is 24.7 Å². The van der Waals surface area contributed by atoms with Crippen LogP contribution in [0.15, 0.2) is 72.4 Å². The summed E-state index contributed by atoms with van der Waals surface area (Å²) in [4.78, 5) is 25.5. The number of nitrogens with two attached hydrogens (primary N) is 1. The Hall–Kier alpha value is -3.89. The van der Waals surface area contributed by atoms with Crippen LogP contribution >= 0.6 is 0 Å². The molecule has 0 aromatic carbocycles. The van der Waals surface area contributed by atoms with Gasteiger partial charge in [-0.2, -0.15) is 0 Å². The Morgan fingerprint density at radius 1 is 1.23 bits per heavy atom. The number of aromatic nitrogens is 2. The van der Waals surface area contributed by atoms with Crippen molar-refractivity contribution in [3.05, 3.63) is 77.9 Å². The topological polar surface area (TPSA) is 112 Å². The number of carbonyl (C=O) groups excluding carboxylic acids is 1. The van der Waals surface area contributed by atoms with E-state index in [1.165, 1.54) is 16.7 Å². The van der Waals surface area contributed by atoms with Crippen LogP contribution in [0.25, 0.3) is 11.0 Å². The fourth-order valence-electron chi connectivity index (χ4n) is 5.00. The molecule has 2 aromatic heterocycles. The monoisotopic (exact) mass is 533 g/mol. The zero-order valence-electron chi connectivity index (χ0n) is 22.3. The number of hydrogen-bond donors (Lipinski definition) is 1. The summed E-state index contributed by atoms with van der Waals surface area (Å²) in [6.45, 7) is 2.99. The first kappa shape index (κ1) is 26.7. The number of allylic oxidation sites excluding steroid dienone is 4. The fraction of sp³-hybridized carbons (Fsp3) is 0.414. The molecule has 10 nitrogen and oxygen atoms in total. The Balaban J connectivity index is 1.14. The maximum absolute atomic E-state index is 12.7. The van der Waals surface area contributed by atoms with Crippen molar-refractivity contribution in [1.82, 2.24) is 19.8 Å². The maximum atomic E-state index is 12.7. The van der Waals surface area contributed by atoms with Crippen molar-refractivity contribution < 1.29 is 23.7 Å². The van der Waals surface area contributed by atoms with Crippen LogP contribution in [0.2, 0.25) is 0 Å². The second kappa shape index (κ2) is 12.8. The molecule has 4 heterocycles. The second-order valence-electron chi connectivity index (χ2n) is 9.75. The van der Waals surface area contributed by atoms with E-state index in [9.17, 15) is 4.79 Å². The molecule has 0 spiro atoms. The molecule has 1 unspecified atom stereocenters. The smallest absolute Gasteiger partial charge is 0.417 e. The number of ether oxygens (including phenoxy) is 4. The van der Waals surface area contributed by atoms with Crippen LogP contribution in [0.5, 0.6) is 5.88 Å². The third-order valence-electron chi connectivity index (χ3n) is 6.92. The fourth-order valence-corrected chi connectivity index (χ4v) is 5.00. The molecule has 206 valence electrons. The Bertz CT molecular complexity index is 1300. The largest absolute Gasteiger partial charge is 0.481 e. The first-order valence-electron chi connectivity index (χ1n) is 13.4. The molecular formula is C29H35N5O5. The predicted octanol–water partition coefficient (Wildman–Crippen LogP) is 4.01. The van der Waals surface area contributed by atoms with Crippen LogP contribution in [-0.4, -0.2) is 71.8 Å². The quantitative estimate of drug-likeness (QED) is 0.432. The number of methoxy groups -OCH3 is 1. The first-order valence-corrected chi connectivity index (χ1v) is 13.4. The first-order chi connectivity index (χ1) is 19.1. The molecule has 1 fully saturated rings. The maximum Gasteiger partial charge on any atom is 0.417 e. The summed E-state index contributed by atoms with van der Waals surface area (Å²) in [6, 6.07) is 5.74. The van der Waals surface area contributed by atoms with E-state index in [1.807, 2.05) is 24.4 Å². The summed E-state index contributed by atoms with van der Waals surface area (Å²) in [7, 11) is 1.61. The molecule has 3 aliphatic rings. The van der Waals surface area contributed by atoms with Crippen LogP contribution in [0, 0.1) is 0 Å². The summed E-state index contributed by atoms with van der Waals surface area (Å²) in [5, 5.41) is 0. The minimum atomic E-state index is -0.438. The van der Waals surface area contributed by atoms with Gasteiger partial charge in [-0.25, -0.2) is 14.7 Å². The molecule has 0 bridgehead atoms. The van der Waals surface area contributed by atoms with Gasteiger partial charge in [-0.3, -0.25) is 9.88 Å². The minimum Gasteiger partial charge on any atom is -0.481 e. The number of nitrogens with zero attached hydrogens (tertiary/aromatic N) is 4. The zero-order valence-corrected chi connectivity index (χ0v) is 22.3. The van der Waals surface area contributed by atoms with Gasteiger partial charge >= 0.3 is 6.09 Å².